The summed E-state index contributed by atoms with van der Waals surface area (Å²) in [6.07, 6.45) is 1.11. The average Bonchev–Trinajstić information content (AvgIpc) is 2.60. The maximum absolute atomic E-state index is 13.1. The van der Waals surface area contributed by atoms with Gasteiger partial charge in [0.25, 0.3) is 0 Å². The van der Waals surface area contributed by atoms with E-state index in [1.165, 1.54) is 17.0 Å². The van der Waals surface area contributed by atoms with E-state index in [0.29, 0.717) is 18.4 Å². The van der Waals surface area contributed by atoms with Crippen molar-refractivity contribution in [2.24, 2.45) is 5.73 Å². The number of amides is 2. The van der Waals surface area contributed by atoms with Crippen LogP contribution in [0.15, 0.2) is 24.3 Å². The van der Waals surface area contributed by atoms with Crippen molar-refractivity contribution in [3.63, 3.8) is 0 Å². The lowest BCUT2D eigenvalue weighted by Gasteiger charge is -2.22. The van der Waals surface area contributed by atoms with Crippen LogP contribution in [0.1, 0.15) is 24.4 Å². The number of halogens is 1. The third-order valence-corrected chi connectivity index (χ3v) is 2.73. The second-order valence-electron chi connectivity index (χ2n) is 3.76. The van der Waals surface area contributed by atoms with Gasteiger partial charge in [-0.05, 0) is 24.1 Å². The van der Waals surface area contributed by atoms with Gasteiger partial charge in [0.1, 0.15) is 11.7 Å². The quantitative estimate of drug-likeness (QED) is 0.748. The van der Waals surface area contributed by atoms with Crippen LogP contribution in [-0.2, 0) is 0 Å². The summed E-state index contributed by atoms with van der Waals surface area (Å²) in [5.74, 6) is -0.151. The highest BCUT2D eigenvalue weighted by atomic mass is 19.1. The fourth-order valence-corrected chi connectivity index (χ4v) is 2.03. The molecular formula is C11H12FN3O. The molecule has 1 saturated heterocycles. The molecule has 1 atom stereocenters. The second kappa shape index (κ2) is 3.92. The Morgan fingerprint density at radius 2 is 2.31 bits per heavy atom. The van der Waals surface area contributed by atoms with Crippen LogP contribution in [0.25, 0.3) is 0 Å². The minimum Gasteiger partial charge on any atom is -0.351 e. The van der Waals surface area contributed by atoms with E-state index < -0.39 is 6.03 Å². The molecule has 2 amide bonds. The molecule has 84 valence electrons. The van der Waals surface area contributed by atoms with Gasteiger partial charge < -0.3 is 5.73 Å². The van der Waals surface area contributed by atoms with Crippen molar-refractivity contribution in [2.75, 3.05) is 0 Å². The first-order chi connectivity index (χ1) is 7.59. The molecule has 1 unspecified atom stereocenters. The van der Waals surface area contributed by atoms with Gasteiger partial charge in [0.05, 0.1) is 6.04 Å². The summed E-state index contributed by atoms with van der Waals surface area (Å²) < 4.78 is 13.1. The van der Waals surface area contributed by atoms with E-state index in [1.807, 2.05) is 0 Å². The first-order valence-electron chi connectivity index (χ1n) is 5.01. The number of hydrogen-bond donors (Lipinski definition) is 2. The molecule has 0 spiro atoms. The maximum Gasteiger partial charge on any atom is 0.320 e. The van der Waals surface area contributed by atoms with E-state index in [1.54, 1.807) is 12.1 Å². The van der Waals surface area contributed by atoms with Crippen LogP contribution in [0.5, 0.6) is 0 Å². The monoisotopic (exact) mass is 221 g/mol. The Balaban J connectivity index is 2.34. The molecule has 1 aliphatic heterocycles. The fourth-order valence-electron chi connectivity index (χ4n) is 2.03. The number of urea groups is 1. The lowest BCUT2D eigenvalue weighted by molar-refractivity contribution is 0.221. The minimum absolute atomic E-state index is 0.196. The molecule has 16 heavy (non-hydrogen) atoms. The fraction of sp³-hybridized carbons (Fsp3) is 0.273. The van der Waals surface area contributed by atoms with E-state index in [-0.39, 0.29) is 17.7 Å². The number of rotatable bonds is 1. The summed E-state index contributed by atoms with van der Waals surface area (Å²) in [7, 11) is 0. The molecule has 0 radical (unpaired) electrons. The van der Waals surface area contributed by atoms with E-state index in [0.717, 1.165) is 0 Å². The van der Waals surface area contributed by atoms with E-state index in [4.69, 9.17) is 11.1 Å². The third-order valence-electron chi connectivity index (χ3n) is 2.73. The lowest BCUT2D eigenvalue weighted by atomic mass is 10.0. The number of carbonyl (C=O) groups excluding carboxylic acids is 1. The standard InChI is InChI=1S/C11H12FN3O/c12-8-3-1-2-7(6-8)9-4-5-10(13)15(9)11(14)16/h1-3,6,9,13H,4-5H2,(H2,14,16). The highest BCUT2D eigenvalue weighted by Crippen LogP contribution is 2.32. The van der Waals surface area contributed by atoms with Crippen molar-refractivity contribution in [1.82, 2.24) is 4.90 Å². The van der Waals surface area contributed by atoms with Gasteiger partial charge in [-0.1, -0.05) is 12.1 Å². The SMILES string of the molecule is N=C1CCC(c2cccc(F)c2)N1C(N)=O. The molecule has 1 heterocycles. The Kier molecular flexibility index (Phi) is 2.60. The smallest absolute Gasteiger partial charge is 0.320 e. The molecule has 1 fully saturated rings. The molecule has 0 aromatic heterocycles. The van der Waals surface area contributed by atoms with Crippen molar-refractivity contribution in [1.29, 1.82) is 5.41 Å². The van der Waals surface area contributed by atoms with Gasteiger partial charge in [-0.3, -0.25) is 10.3 Å². The molecule has 1 aromatic carbocycles. The molecule has 3 N–H and O–H groups in total. The Morgan fingerprint density at radius 1 is 1.56 bits per heavy atom. The van der Waals surface area contributed by atoms with Crippen molar-refractivity contribution in [2.45, 2.75) is 18.9 Å². The van der Waals surface area contributed by atoms with Gasteiger partial charge in [-0.15, -0.1) is 0 Å². The van der Waals surface area contributed by atoms with Crippen LogP contribution in [0.3, 0.4) is 0 Å². The number of primary amides is 1. The van der Waals surface area contributed by atoms with Crippen molar-refractivity contribution in [3.8, 4) is 0 Å². The first kappa shape index (κ1) is 10.6. The molecule has 0 bridgehead atoms. The summed E-state index contributed by atoms with van der Waals surface area (Å²) in [4.78, 5) is 12.4. The Hall–Kier alpha value is -1.91. The van der Waals surface area contributed by atoms with Gasteiger partial charge in [0.2, 0.25) is 0 Å². The Morgan fingerprint density at radius 3 is 2.94 bits per heavy atom. The molecule has 0 aliphatic carbocycles. The molecule has 0 saturated carbocycles. The number of carbonyl (C=O) groups is 1. The normalized spacial score (nSPS) is 20.2. The van der Waals surface area contributed by atoms with Gasteiger partial charge >= 0.3 is 6.03 Å². The van der Waals surface area contributed by atoms with Crippen molar-refractivity contribution < 1.29 is 9.18 Å². The van der Waals surface area contributed by atoms with Crippen molar-refractivity contribution >= 4 is 11.9 Å². The molecule has 1 aromatic rings. The summed E-state index contributed by atoms with van der Waals surface area (Å²) in [5, 5.41) is 7.60. The molecule has 1 aliphatic rings. The number of likely N-dealkylation sites (tertiary alicyclic amines) is 1. The third kappa shape index (κ3) is 1.76. The highest BCUT2D eigenvalue weighted by molar-refractivity contribution is 5.97. The summed E-state index contributed by atoms with van der Waals surface area (Å²) in [5.41, 5.74) is 5.89. The lowest BCUT2D eigenvalue weighted by Crippen LogP contribution is -2.38. The number of nitrogens with two attached hydrogens (primary N) is 1. The van der Waals surface area contributed by atoms with Gasteiger partial charge in [0.15, 0.2) is 0 Å². The molecule has 4 nitrogen and oxygen atoms in total. The Labute approximate surface area is 92.4 Å². The summed E-state index contributed by atoms with van der Waals surface area (Å²) >= 11 is 0. The van der Waals surface area contributed by atoms with Crippen LogP contribution < -0.4 is 5.73 Å². The van der Waals surface area contributed by atoms with Crippen LogP contribution in [0, 0.1) is 11.2 Å². The number of nitrogens with one attached hydrogen (secondary N) is 1. The van der Waals surface area contributed by atoms with Crippen LogP contribution in [0.4, 0.5) is 9.18 Å². The zero-order valence-electron chi connectivity index (χ0n) is 8.61. The highest BCUT2D eigenvalue weighted by Gasteiger charge is 2.33. The zero-order valence-corrected chi connectivity index (χ0v) is 8.61. The number of amidine groups is 1. The molecule has 5 heteroatoms. The first-order valence-corrected chi connectivity index (χ1v) is 5.01. The van der Waals surface area contributed by atoms with Crippen molar-refractivity contribution in [3.05, 3.63) is 35.6 Å². The average molecular weight is 221 g/mol. The van der Waals surface area contributed by atoms with Crippen LogP contribution in [0.2, 0.25) is 0 Å². The minimum atomic E-state index is -0.656. The maximum atomic E-state index is 13.1. The predicted octanol–water partition coefficient (Wildman–Crippen LogP) is 2.02. The van der Waals surface area contributed by atoms with Gasteiger partial charge in [0, 0.05) is 6.42 Å². The van der Waals surface area contributed by atoms with E-state index >= 15 is 0 Å². The topological polar surface area (TPSA) is 70.2 Å². The van der Waals surface area contributed by atoms with Gasteiger partial charge in [-0.25, -0.2) is 9.18 Å². The number of hydrogen-bond acceptors (Lipinski definition) is 2. The van der Waals surface area contributed by atoms with Crippen LogP contribution >= 0.6 is 0 Å². The molecular weight excluding hydrogens is 209 g/mol. The zero-order chi connectivity index (χ0) is 11.7. The summed E-state index contributed by atoms with van der Waals surface area (Å²) in [6.45, 7) is 0. The van der Waals surface area contributed by atoms with E-state index in [9.17, 15) is 9.18 Å². The number of nitrogens with zero attached hydrogens (tertiary/aromatic N) is 1. The second-order valence-corrected chi connectivity index (χ2v) is 3.76. The predicted molar refractivity (Wildman–Crippen MR) is 57.5 cm³/mol. The Bertz CT molecular complexity index is 447. The van der Waals surface area contributed by atoms with E-state index in [2.05, 4.69) is 0 Å². The molecule has 2 rings (SSSR count). The van der Waals surface area contributed by atoms with Crippen LogP contribution in [-0.4, -0.2) is 16.8 Å². The summed E-state index contributed by atoms with van der Waals surface area (Å²) in [6, 6.07) is 5.09. The number of benzene rings is 1. The largest absolute Gasteiger partial charge is 0.351 e. The van der Waals surface area contributed by atoms with Gasteiger partial charge in [-0.2, -0.15) is 0 Å².